The van der Waals surface area contributed by atoms with Gasteiger partial charge in [-0.1, -0.05) is 37.6 Å². The van der Waals surface area contributed by atoms with Crippen LogP contribution in [0.2, 0.25) is 5.02 Å². The molecule has 7 nitrogen and oxygen atoms in total. The van der Waals surface area contributed by atoms with Gasteiger partial charge >= 0.3 is 0 Å². The second-order valence-corrected chi connectivity index (χ2v) is 12.3. The van der Waals surface area contributed by atoms with E-state index in [0.717, 1.165) is 43.0 Å². The summed E-state index contributed by atoms with van der Waals surface area (Å²) < 4.78 is 30.7. The van der Waals surface area contributed by atoms with Gasteiger partial charge in [-0.25, -0.2) is 8.42 Å². The molecule has 2 aliphatic heterocycles. The number of hydrogen-bond donors (Lipinski definition) is 0. The first kappa shape index (κ1) is 24.3. The van der Waals surface area contributed by atoms with Crippen molar-refractivity contribution in [2.24, 2.45) is 13.0 Å². The summed E-state index contributed by atoms with van der Waals surface area (Å²) in [6.07, 6.45) is 4.84. The maximum absolute atomic E-state index is 13.6. The highest BCUT2D eigenvalue weighted by molar-refractivity contribution is 7.93. The number of likely N-dealkylation sites (tertiary alicyclic amines) is 1. The molecule has 1 aromatic heterocycles. The number of anilines is 1. The summed E-state index contributed by atoms with van der Waals surface area (Å²) in [4.78, 5) is 2.73. The molecule has 0 saturated carbocycles. The Morgan fingerprint density at radius 3 is 2.80 bits per heavy atom. The lowest BCUT2D eigenvalue weighted by Gasteiger charge is -2.30. The van der Waals surface area contributed by atoms with Gasteiger partial charge in [0, 0.05) is 37.1 Å². The Kier molecular flexibility index (Phi) is 6.63. The maximum atomic E-state index is 13.6. The number of aryl methyl sites for hydroxylation is 1. The number of halogens is 1. The minimum absolute atomic E-state index is 0.160. The van der Waals surface area contributed by atoms with E-state index in [1.165, 1.54) is 17.1 Å². The first-order valence-corrected chi connectivity index (χ1v) is 14.0. The molecule has 2 atom stereocenters. The molecule has 0 N–H and O–H groups in total. The topological polar surface area (TPSA) is 71.3 Å². The van der Waals surface area contributed by atoms with E-state index in [1.54, 1.807) is 6.33 Å². The zero-order chi connectivity index (χ0) is 24.7. The fourth-order valence-electron chi connectivity index (χ4n) is 5.28. The molecule has 3 aromatic rings. The summed E-state index contributed by atoms with van der Waals surface area (Å²) in [5.41, 5.74) is 3.35. The van der Waals surface area contributed by atoms with E-state index in [0.29, 0.717) is 27.1 Å². The highest BCUT2D eigenvalue weighted by Crippen LogP contribution is 2.40. The molecule has 3 heterocycles. The molecule has 9 heteroatoms. The highest BCUT2D eigenvalue weighted by atomic mass is 35.5. The van der Waals surface area contributed by atoms with Crippen molar-refractivity contribution < 1.29 is 8.42 Å². The Labute approximate surface area is 212 Å². The number of sulfonamides is 1. The summed E-state index contributed by atoms with van der Waals surface area (Å²) >= 11 is 6.65. The third kappa shape index (κ3) is 4.84. The van der Waals surface area contributed by atoms with Crippen molar-refractivity contribution in [3.05, 3.63) is 70.3 Å². The van der Waals surface area contributed by atoms with Crippen LogP contribution in [0.25, 0.3) is 0 Å². The van der Waals surface area contributed by atoms with Gasteiger partial charge in [0.25, 0.3) is 10.0 Å². The molecule has 0 radical (unpaired) electrons. The monoisotopic (exact) mass is 513 g/mol. The lowest BCUT2D eigenvalue weighted by atomic mass is 9.97. The Hall–Kier alpha value is -2.42. The van der Waals surface area contributed by atoms with Crippen LogP contribution >= 0.6 is 11.6 Å². The van der Waals surface area contributed by atoms with Gasteiger partial charge in [-0.05, 0) is 66.6 Å². The average molecular weight is 514 g/mol. The van der Waals surface area contributed by atoms with Crippen LogP contribution in [0.3, 0.4) is 0 Å². The van der Waals surface area contributed by atoms with E-state index in [1.807, 2.05) is 48.0 Å². The number of aromatic nitrogens is 3. The summed E-state index contributed by atoms with van der Waals surface area (Å²) in [5.74, 6) is 1.72. The number of hydrogen-bond acceptors (Lipinski definition) is 5. The molecule has 35 heavy (non-hydrogen) atoms. The van der Waals surface area contributed by atoms with Crippen molar-refractivity contribution in [2.45, 2.75) is 57.0 Å². The molecule has 1 unspecified atom stereocenters. The fraction of sp³-hybridized carbons (Fsp3) is 0.462. The van der Waals surface area contributed by atoms with E-state index >= 15 is 0 Å². The van der Waals surface area contributed by atoms with Crippen molar-refractivity contribution >= 4 is 27.3 Å². The third-order valence-corrected chi connectivity index (χ3v) is 9.43. The van der Waals surface area contributed by atoms with Crippen LogP contribution in [0.5, 0.6) is 0 Å². The highest BCUT2D eigenvalue weighted by Gasteiger charge is 2.37. The maximum Gasteiger partial charge on any atom is 0.265 e. The van der Waals surface area contributed by atoms with Crippen molar-refractivity contribution in [1.29, 1.82) is 0 Å². The number of nitrogens with zero attached hydrogens (tertiary/aromatic N) is 5. The molecule has 0 bridgehead atoms. The number of benzene rings is 2. The number of fused-ring (bicyclic) bond motifs is 1. The van der Waals surface area contributed by atoms with Crippen molar-refractivity contribution in [2.75, 3.05) is 17.4 Å². The number of piperidine rings is 1. The molecule has 2 aliphatic rings. The van der Waals surface area contributed by atoms with E-state index in [-0.39, 0.29) is 12.5 Å². The first-order chi connectivity index (χ1) is 16.7. The Morgan fingerprint density at radius 1 is 1.23 bits per heavy atom. The first-order valence-electron chi connectivity index (χ1n) is 12.2. The Balaban J connectivity index is 1.40. The van der Waals surface area contributed by atoms with Gasteiger partial charge in [0.15, 0.2) is 0 Å². The van der Waals surface area contributed by atoms with Gasteiger partial charge in [0.1, 0.15) is 12.2 Å². The second kappa shape index (κ2) is 9.56. The molecule has 0 aliphatic carbocycles. The predicted octanol–water partition coefficient (Wildman–Crippen LogP) is 4.76. The van der Waals surface area contributed by atoms with Crippen molar-refractivity contribution in [1.82, 2.24) is 19.7 Å². The molecule has 186 valence electrons. The second-order valence-electron chi connectivity index (χ2n) is 10.1. The van der Waals surface area contributed by atoms with Gasteiger partial charge in [-0.2, -0.15) is 0 Å². The van der Waals surface area contributed by atoms with Crippen molar-refractivity contribution in [3.8, 4) is 0 Å². The van der Waals surface area contributed by atoms with E-state index in [2.05, 4.69) is 28.9 Å². The van der Waals surface area contributed by atoms with E-state index < -0.39 is 10.0 Å². The molecule has 0 amide bonds. The van der Waals surface area contributed by atoms with Crippen LogP contribution in [0.4, 0.5) is 5.69 Å². The van der Waals surface area contributed by atoms with Crippen LogP contribution in [0.1, 0.15) is 55.1 Å². The van der Waals surface area contributed by atoms with Crippen LogP contribution in [-0.2, 0) is 36.6 Å². The molecule has 0 spiro atoms. The minimum atomic E-state index is -3.69. The third-order valence-electron chi connectivity index (χ3n) is 7.25. The lowest BCUT2D eigenvalue weighted by Crippen LogP contribution is -2.33. The van der Waals surface area contributed by atoms with E-state index in [4.69, 9.17) is 11.6 Å². The molecule has 5 rings (SSSR count). The van der Waals surface area contributed by atoms with E-state index in [9.17, 15) is 8.42 Å². The normalized spacial score (nSPS) is 20.7. The summed E-state index contributed by atoms with van der Waals surface area (Å²) in [5, 5.41) is 8.67. The molecule has 2 aromatic carbocycles. The zero-order valence-corrected chi connectivity index (χ0v) is 22.1. The summed E-state index contributed by atoms with van der Waals surface area (Å²) in [6, 6.07) is 11.5. The van der Waals surface area contributed by atoms with Gasteiger partial charge in [0.2, 0.25) is 0 Å². The lowest BCUT2D eigenvalue weighted by molar-refractivity contribution is 0.176. The van der Waals surface area contributed by atoms with Crippen LogP contribution in [0, 0.1) is 5.92 Å². The summed E-state index contributed by atoms with van der Waals surface area (Å²) in [6.45, 7) is 7.43. The van der Waals surface area contributed by atoms with Gasteiger partial charge in [-0.15, -0.1) is 10.2 Å². The average Bonchev–Trinajstić information content (AvgIpc) is 3.34. The molecular weight excluding hydrogens is 482 g/mol. The largest absolute Gasteiger partial charge is 0.321 e. The molecular formula is C26H32ClN5O2S. The fourth-order valence-corrected chi connectivity index (χ4v) is 7.35. The van der Waals surface area contributed by atoms with Crippen molar-refractivity contribution in [3.63, 3.8) is 0 Å². The van der Waals surface area contributed by atoms with Crippen LogP contribution in [0.15, 0.2) is 47.6 Å². The minimum Gasteiger partial charge on any atom is -0.321 e. The molecule has 1 saturated heterocycles. The smallest absolute Gasteiger partial charge is 0.265 e. The molecule has 1 fully saturated rings. The van der Waals surface area contributed by atoms with Crippen LogP contribution in [-0.4, -0.2) is 41.2 Å². The number of rotatable bonds is 6. The van der Waals surface area contributed by atoms with Gasteiger partial charge < -0.3 is 4.57 Å². The van der Waals surface area contributed by atoms with Crippen LogP contribution < -0.4 is 4.31 Å². The Bertz CT molecular complexity index is 1340. The van der Waals surface area contributed by atoms with Gasteiger partial charge in [-0.3, -0.25) is 9.21 Å². The summed E-state index contributed by atoms with van der Waals surface area (Å²) in [7, 11) is -1.76. The SMILES string of the molecule is CC(Cc1nncn1C)c1cccc(N2Cc3c(Cl)cc(CN4CCC[C@H](C)C4)cc3S2(=O)=O)c1. The Morgan fingerprint density at radius 2 is 2.06 bits per heavy atom. The quantitative estimate of drug-likeness (QED) is 0.475. The standard InChI is InChI=1S/C26H32ClN5O2S/c1-18-6-5-9-31(14-18)15-20-11-24(27)23-16-32(35(33,34)25(23)12-20)22-8-4-7-21(13-22)19(2)10-26-29-28-17-30(26)3/h4,7-8,11-13,17-19H,5-6,9-10,14-16H2,1-3H3/t18-,19?/m0/s1. The van der Waals surface area contributed by atoms with Gasteiger partial charge in [0.05, 0.1) is 17.1 Å². The predicted molar refractivity (Wildman–Crippen MR) is 138 cm³/mol. The zero-order valence-electron chi connectivity index (χ0n) is 20.5.